The van der Waals surface area contributed by atoms with E-state index in [0.29, 0.717) is 50.7 Å². The first kappa shape index (κ1) is 26.9. The summed E-state index contributed by atoms with van der Waals surface area (Å²) in [5.74, 6) is 1.94. The number of amides is 1. The highest BCUT2D eigenvalue weighted by Gasteiger charge is 2.23. The molecule has 1 amide bonds. The van der Waals surface area contributed by atoms with Gasteiger partial charge in [-0.15, -0.1) is 0 Å². The van der Waals surface area contributed by atoms with Crippen LogP contribution >= 0.6 is 35.1 Å². The summed E-state index contributed by atoms with van der Waals surface area (Å²) in [7, 11) is 1.59. The van der Waals surface area contributed by atoms with Crippen molar-refractivity contribution in [2.45, 2.75) is 58.1 Å². The fraction of sp³-hybridized carbons (Fsp3) is 0.520. The first-order valence-electron chi connectivity index (χ1n) is 11.6. The Bertz CT molecular complexity index is 972. The van der Waals surface area contributed by atoms with E-state index in [2.05, 4.69) is 42.3 Å². The maximum Gasteiger partial charge on any atom is 0.224 e. The number of ether oxygens (including phenoxy) is 2. The van der Waals surface area contributed by atoms with Crippen LogP contribution in [0.4, 0.5) is 5.69 Å². The van der Waals surface area contributed by atoms with Crippen molar-refractivity contribution in [3.05, 3.63) is 40.0 Å². The monoisotopic (exact) mass is 525 g/mol. The fourth-order valence-corrected chi connectivity index (χ4v) is 5.51. The number of piperidine rings is 1. The molecule has 1 aliphatic heterocycles. The number of halogens is 2. The average molecular weight is 527 g/mol. The largest absolute Gasteiger partial charge is 0.481 e. The Morgan fingerprint density at radius 2 is 1.82 bits per heavy atom. The van der Waals surface area contributed by atoms with Gasteiger partial charge in [0, 0.05) is 36.0 Å². The molecular formula is C25H33Cl2N3O3S. The Kier molecular flexibility index (Phi) is 9.77. The third-order valence-corrected chi connectivity index (χ3v) is 7.22. The zero-order valence-corrected chi connectivity index (χ0v) is 22.7. The third-order valence-electron chi connectivity index (χ3n) is 5.58. The van der Waals surface area contributed by atoms with Crippen molar-refractivity contribution in [3.8, 4) is 17.4 Å². The summed E-state index contributed by atoms with van der Waals surface area (Å²) >= 11 is 14.8. The number of nitrogens with zero attached hydrogens (tertiary/aromatic N) is 2. The second kappa shape index (κ2) is 12.3. The number of rotatable bonds is 9. The quantitative estimate of drug-likeness (QED) is 0.343. The van der Waals surface area contributed by atoms with Gasteiger partial charge in [0.1, 0.15) is 5.75 Å². The van der Waals surface area contributed by atoms with Crippen molar-refractivity contribution < 1.29 is 14.3 Å². The van der Waals surface area contributed by atoms with Gasteiger partial charge in [-0.3, -0.25) is 9.10 Å². The molecule has 0 spiro atoms. The molecule has 2 aromatic rings. The van der Waals surface area contributed by atoms with Gasteiger partial charge in [-0.1, -0.05) is 62.8 Å². The second-order valence-electron chi connectivity index (χ2n) is 9.07. The highest BCUT2D eigenvalue weighted by Crippen LogP contribution is 2.40. The van der Waals surface area contributed by atoms with E-state index in [1.165, 1.54) is 0 Å². The van der Waals surface area contributed by atoms with Crippen molar-refractivity contribution >= 4 is 46.7 Å². The van der Waals surface area contributed by atoms with Gasteiger partial charge in [0.15, 0.2) is 5.75 Å². The maximum absolute atomic E-state index is 12.6. The summed E-state index contributed by atoms with van der Waals surface area (Å²) in [6.45, 7) is 10.5. The number of pyridine rings is 1. The van der Waals surface area contributed by atoms with Gasteiger partial charge in [-0.25, -0.2) is 4.98 Å². The normalized spacial score (nSPS) is 15.1. The molecule has 3 rings (SSSR count). The van der Waals surface area contributed by atoms with E-state index in [-0.39, 0.29) is 11.8 Å². The lowest BCUT2D eigenvalue weighted by atomic mass is 9.94. The topological polar surface area (TPSA) is 63.7 Å². The van der Waals surface area contributed by atoms with E-state index < -0.39 is 0 Å². The van der Waals surface area contributed by atoms with E-state index in [0.717, 1.165) is 31.5 Å². The Hall–Kier alpha value is -1.67. The lowest BCUT2D eigenvalue weighted by Gasteiger charge is -2.31. The summed E-state index contributed by atoms with van der Waals surface area (Å²) in [6, 6.07) is 5.18. The molecule has 0 atom stereocenters. The van der Waals surface area contributed by atoms with Crippen molar-refractivity contribution in [2.24, 2.45) is 5.92 Å². The predicted molar refractivity (Wildman–Crippen MR) is 142 cm³/mol. The number of hydrogen-bond acceptors (Lipinski definition) is 6. The number of nitrogens with one attached hydrogen (secondary N) is 1. The Morgan fingerprint density at radius 3 is 2.38 bits per heavy atom. The zero-order valence-electron chi connectivity index (χ0n) is 20.4. The summed E-state index contributed by atoms with van der Waals surface area (Å²) < 4.78 is 13.7. The van der Waals surface area contributed by atoms with Crippen molar-refractivity contribution in [1.29, 1.82) is 0 Å². The van der Waals surface area contributed by atoms with Crippen LogP contribution in [0.15, 0.2) is 24.4 Å². The van der Waals surface area contributed by atoms with Crippen LogP contribution in [0, 0.1) is 5.92 Å². The van der Waals surface area contributed by atoms with Gasteiger partial charge in [-0.2, -0.15) is 0 Å². The van der Waals surface area contributed by atoms with Gasteiger partial charge in [0.2, 0.25) is 11.8 Å². The zero-order chi connectivity index (χ0) is 24.8. The Labute approximate surface area is 216 Å². The standard InChI is InChI=1S/C25H33Cl2N3O3S/c1-15(2)20-13-19(14-28-25(20)32-5)33-24-21(26)11-18(12-22(24)27)29-23(31)10-17-6-8-30(9-7-17)34-16(3)4/h11-17H,6-10H2,1-5H3,(H,29,31). The summed E-state index contributed by atoms with van der Waals surface area (Å²) in [5, 5.41) is 4.13. The molecule has 2 heterocycles. The third kappa shape index (κ3) is 7.41. The number of benzene rings is 1. The van der Waals surface area contributed by atoms with Crippen LogP contribution in [0.2, 0.25) is 10.0 Å². The van der Waals surface area contributed by atoms with E-state index in [4.69, 9.17) is 32.7 Å². The molecule has 0 bridgehead atoms. The van der Waals surface area contributed by atoms with Crippen LogP contribution in [0.25, 0.3) is 0 Å². The molecule has 1 fully saturated rings. The van der Waals surface area contributed by atoms with Crippen LogP contribution in [-0.2, 0) is 4.79 Å². The Morgan fingerprint density at radius 1 is 1.18 bits per heavy atom. The number of methoxy groups -OCH3 is 1. The van der Waals surface area contributed by atoms with E-state index in [1.807, 2.05) is 18.0 Å². The molecule has 9 heteroatoms. The molecule has 0 saturated carbocycles. The van der Waals surface area contributed by atoms with Gasteiger partial charge in [0.25, 0.3) is 0 Å². The number of hydrogen-bond donors (Lipinski definition) is 1. The highest BCUT2D eigenvalue weighted by molar-refractivity contribution is 7.97. The van der Waals surface area contributed by atoms with E-state index >= 15 is 0 Å². The van der Waals surface area contributed by atoms with E-state index in [9.17, 15) is 4.79 Å². The number of aromatic nitrogens is 1. The predicted octanol–water partition coefficient (Wildman–Crippen LogP) is 7.41. The minimum atomic E-state index is -0.0308. The minimum Gasteiger partial charge on any atom is -0.481 e. The first-order chi connectivity index (χ1) is 16.2. The van der Waals surface area contributed by atoms with Crippen molar-refractivity contribution in [2.75, 3.05) is 25.5 Å². The SMILES string of the molecule is COc1ncc(Oc2c(Cl)cc(NC(=O)CC3CCN(SC(C)C)CC3)cc2Cl)cc1C(C)C. The van der Waals surface area contributed by atoms with Crippen molar-refractivity contribution in [3.63, 3.8) is 0 Å². The number of carbonyl (C=O) groups excluding carboxylic acids is 1. The van der Waals surface area contributed by atoms with Gasteiger partial charge >= 0.3 is 0 Å². The molecule has 0 aliphatic carbocycles. The average Bonchev–Trinajstić information content (AvgIpc) is 2.77. The minimum absolute atomic E-state index is 0.0308. The summed E-state index contributed by atoms with van der Waals surface area (Å²) in [6.07, 6.45) is 4.10. The van der Waals surface area contributed by atoms with Gasteiger partial charge in [-0.05, 0) is 42.9 Å². The molecule has 6 nitrogen and oxygen atoms in total. The summed E-state index contributed by atoms with van der Waals surface area (Å²) in [5.41, 5.74) is 1.47. The van der Waals surface area contributed by atoms with Crippen LogP contribution in [0.5, 0.6) is 17.4 Å². The van der Waals surface area contributed by atoms with Crippen LogP contribution < -0.4 is 14.8 Å². The van der Waals surface area contributed by atoms with Crippen molar-refractivity contribution in [1.82, 2.24) is 9.29 Å². The second-order valence-corrected chi connectivity index (χ2v) is 11.6. The molecule has 34 heavy (non-hydrogen) atoms. The van der Waals surface area contributed by atoms with Gasteiger partial charge in [0.05, 0.1) is 23.4 Å². The van der Waals surface area contributed by atoms with Gasteiger partial charge < -0.3 is 14.8 Å². The first-order valence-corrected chi connectivity index (χ1v) is 13.2. The lowest BCUT2D eigenvalue weighted by molar-refractivity contribution is -0.117. The van der Waals surface area contributed by atoms with Crippen LogP contribution in [0.3, 0.4) is 0 Å². The Balaban J connectivity index is 1.61. The molecule has 1 aliphatic rings. The smallest absolute Gasteiger partial charge is 0.224 e. The molecule has 1 saturated heterocycles. The molecule has 0 radical (unpaired) electrons. The molecule has 1 aromatic carbocycles. The molecular weight excluding hydrogens is 493 g/mol. The lowest BCUT2D eigenvalue weighted by Crippen LogP contribution is -2.31. The highest BCUT2D eigenvalue weighted by atomic mass is 35.5. The van der Waals surface area contributed by atoms with Crippen LogP contribution in [-0.4, -0.2) is 40.6 Å². The molecule has 0 unspecified atom stereocenters. The summed E-state index contributed by atoms with van der Waals surface area (Å²) in [4.78, 5) is 16.9. The fourth-order valence-electron chi connectivity index (χ4n) is 3.93. The number of carbonyl (C=O) groups is 1. The number of anilines is 1. The molecule has 1 N–H and O–H groups in total. The molecule has 186 valence electrons. The van der Waals surface area contributed by atoms with Crippen LogP contribution in [0.1, 0.15) is 58.4 Å². The maximum atomic E-state index is 12.6. The van der Waals surface area contributed by atoms with E-state index in [1.54, 1.807) is 25.4 Å². The molecule has 1 aromatic heterocycles.